The Morgan fingerprint density at radius 1 is 1.40 bits per heavy atom. The second kappa shape index (κ2) is 5.90. The Balaban J connectivity index is 2.83. The zero-order valence-electron chi connectivity index (χ0n) is 12.4. The molecule has 1 rings (SSSR count). The summed E-state index contributed by atoms with van der Waals surface area (Å²) in [5, 5.41) is 13.6. The van der Waals surface area contributed by atoms with E-state index in [9.17, 15) is 14.9 Å². The van der Waals surface area contributed by atoms with E-state index in [1.807, 2.05) is 0 Å². The number of aryl methyl sites for hydroxylation is 1. The number of hydrogen-bond donors (Lipinski definition) is 1. The number of nitrogens with zero attached hydrogens (tertiary/aromatic N) is 1. The van der Waals surface area contributed by atoms with Crippen LogP contribution in [0.2, 0.25) is 0 Å². The molecule has 0 heterocycles. The second-order valence-corrected chi connectivity index (χ2v) is 5.67. The number of alkyl carbamates (subject to hydrolysis) is 1. The molecule has 0 saturated heterocycles. The van der Waals surface area contributed by atoms with Gasteiger partial charge in [-0.05, 0) is 40.2 Å². The quantitative estimate of drug-likeness (QED) is 0.678. The molecule has 1 atom stereocenters. The number of rotatable bonds is 3. The minimum absolute atomic E-state index is 0.0420. The molecule has 0 bridgehead atoms. The summed E-state index contributed by atoms with van der Waals surface area (Å²) in [7, 11) is 0. The van der Waals surface area contributed by atoms with E-state index in [-0.39, 0.29) is 11.7 Å². The fourth-order valence-electron chi connectivity index (χ4n) is 1.66. The monoisotopic (exact) mass is 280 g/mol. The van der Waals surface area contributed by atoms with Crippen molar-refractivity contribution < 1.29 is 14.5 Å². The molecule has 0 radical (unpaired) electrons. The Morgan fingerprint density at radius 2 is 2.00 bits per heavy atom. The maximum Gasteiger partial charge on any atom is 0.408 e. The number of carbonyl (C=O) groups is 1. The van der Waals surface area contributed by atoms with Crippen LogP contribution in [-0.4, -0.2) is 16.6 Å². The van der Waals surface area contributed by atoms with E-state index in [1.165, 1.54) is 6.07 Å². The van der Waals surface area contributed by atoms with Gasteiger partial charge in [0, 0.05) is 11.6 Å². The van der Waals surface area contributed by atoms with Crippen LogP contribution < -0.4 is 5.32 Å². The van der Waals surface area contributed by atoms with Gasteiger partial charge in [0.25, 0.3) is 5.69 Å². The average Bonchev–Trinajstić information content (AvgIpc) is 2.26. The Hall–Kier alpha value is -2.11. The summed E-state index contributed by atoms with van der Waals surface area (Å²) in [6.45, 7) is 8.74. The van der Waals surface area contributed by atoms with Crippen molar-refractivity contribution in [2.75, 3.05) is 0 Å². The second-order valence-electron chi connectivity index (χ2n) is 5.67. The third kappa shape index (κ3) is 4.53. The number of hydrogen-bond acceptors (Lipinski definition) is 4. The van der Waals surface area contributed by atoms with Gasteiger partial charge in [-0.3, -0.25) is 10.1 Å². The molecule has 1 N–H and O–H groups in total. The van der Waals surface area contributed by atoms with Gasteiger partial charge in [-0.15, -0.1) is 0 Å². The van der Waals surface area contributed by atoms with E-state index >= 15 is 0 Å². The molecule has 20 heavy (non-hydrogen) atoms. The van der Waals surface area contributed by atoms with Crippen LogP contribution in [0.4, 0.5) is 10.5 Å². The van der Waals surface area contributed by atoms with Gasteiger partial charge < -0.3 is 10.1 Å². The molecule has 1 amide bonds. The molecule has 1 aromatic rings. The topological polar surface area (TPSA) is 81.5 Å². The first-order valence-corrected chi connectivity index (χ1v) is 6.34. The predicted octanol–water partition coefficient (Wildman–Crippen LogP) is 3.49. The van der Waals surface area contributed by atoms with E-state index < -0.39 is 16.6 Å². The highest BCUT2D eigenvalue weighted by molar-refractivity contribution is 5.68. The van der Waals surface area contributed by atoms with Gasteiger partial charge >= 0.3 is 6.09 Å². The third-order valence-corrected chi connectivity index (χ3v) is 2.66. The molecule has 0 aromatic heterocycles. The van der Waals surface area contributed by atoms with Crippen LogP contribution in [0.25, 0.3) is 0 Å². The van der Waals surface area contributed by atoms with Crippen LogP contribution >= 0.6 is 0 Å². The number of ether oxygens (including phenoxy) is 1. The SMILES string of the molecule is Cc1ccc(C(C)NC(=O)OC(C)(C)C)cc1[N+](=O)[O-]. The van der Waals surface area contributed by atoms with Crippen LogP contribution in [-0.2, 0) is 4.74 Å². The van der Waals surface area contributed by atoms with Crippen molar-refractivity contribution in [1.29, 1.82) is 0 Å². The maximum absolute atomic E-state index is 11.7. The first-order chi connectivity index (χ1) is 9.10. The van der Waals surface area contributed by atoms with Crippen molar-refractivity contribution >= 4 is 11.8 Å². The van der Waals surface area contributed by atoms with E-state index in [0.29, 0.717) is 11.1 Å². The molecule has 1 unspecified atom stereocenters. The minimum Gasteiger partial charge on any atom is -0.444 e. The average molecular weight is 280 g/mol. The van der Waals surface area contributed by atoms with Crippen LogP contribution in [0.3, 0.4) is 0 Å². The van der Waals surface area contributed by atoms with Crippen LogP contribution in [0.15, 0.2) is 18.2 Å². The summed E-state index contributed by atoms with van der Waals surface area (Å²) < 4.78 is 5.15. The Morgan fingerprint density at radius 3 is 2.50 bits per heavy atom. The number of benzene rings is 1. The smallest absolute Gasteiger partial charge is 0.408 e. The maximum atomic E-state index is 11.7. The van der Waals surface area contributed by atoms with Crippen LogP contribution in [0.5, 0.6) is 0 Å². The fourth-order valence-corrected chi connectivity index (χ4v) is 1.66. The molecular formula is C14H20N2O4. The molecule has 0 spiro atoms. The normalized spacial score (nSPS) is 12.7. The molecule has 0 aliphatic rings. The van der Waals surface area contributed by atoms with E-state index in [0.717, 1.165) is 0 Å². The zero-order chi connectivity index (χ0) is 15.5. The number of nitro groups is 1. The minimum atomic E-state index is -0.580. The first-order valence-electron chi connectivity index (χ1n) is 6.34. The summed E-state index contributed by atoms with van der Waals surface area (Å²) in [5.41, 5.74) is 0.708. The molecule has 110 valence electrons. The molecule has 6 nitrogen and oxygen atoms in total. The Labute approximate surface area is 118 Å². The van der Waals surface area contributed by atoms with Crippen molar-refractivity contribution in [3.05, 3.63) is 39.4 Å². The summed E-state index contributed by atoms with van der Waals surface area (Å²) in [6.07, 6.45) is -0.548. The Bertz CT molecular complexity index is 520. The van der Waals surface area contributed by atoms with Gasteiger partial charge in [-0.2, -0.15) is 0 Å². The highest BCUT2D eigenvalue weighted by Gasteiger charge is 2.20. The largest absolute Gasteiger partial charge is 0.444 e. The summed E-state index contributed by atoms with van der Waals surface area (Å²) >= 11 is 0. The van der Waals surface area contributed by atoms with Gasteiger partial charge in [0.2, 0.25) is 0 Å². The van der Waals surface area contributed by atoms with Crippen molar-refractivity contribution in [3.8, 4) is 0 Å². The molecular weight excluding hydrogens is 260 g/mol. The van der Waals surface area contributed by atoms with Gasteiger partial charge in [0.1, 0.15) is 5.60 Å². The molecule has 6 heteroatoms. The van der Waals surface area contributed by atoms with Crippen molar-refractivity contribution in [2.45, 2.75) is 46.3 Å². The lowest BCUT2D eigenvalue weighted by Crippen LogP contribution is -2.34. The molecule has 0 fully saturated rings. The summed E-state index contributed by atoms with van der Waals surface area (Å²) in [4.78, 5) is 22.1. The van der Waals surface area contributed by atoms with E-state index in [2.05, 4.69) is 5.32 Å². The van der Waals surface area contributed by atoms with Gasteiger partial charge in [-0.25, -0.2) is 4.79 Å². The third-order valence-electron chi connectivity index (χ3n) is 2.66. The van der Waals surface area contributed by atoms with Crippen molar-refractivity contribution in [2.24, 2.45) is 0 Å². The molecule has 0 aliphatic heterocycles. The van der Waals surface area contributed by atoms with E-state index in [1.54, 1.807) is 46.8 Å². The standard InChI is InChI=1S/C14H20N2O4/c1-9-6-7-11(8-12(9)16(18)19)10(2)15-13(17)20-14(3,4)5/h6-8,10H,1-5H3,(H,15,17). The molecule has 1 aromatic carbocycles. The number of amides is 1. The van der Waals surface area contributed by atoms with Gasteiger partial charge in [-0.1, -0.05) is 12.1 Å². The number of carbonyl (C=O) groups excluding carboxylic acids is 1. The van der Waals surface area contributed by atoms with E-state index in [4.69, 9.17) is 4.74 Å². The zero-order valence-corrected chi connectivity index (χ0v) is 12.4. The predicted molar refractivity (Wildman–Crippen MR) is 75.6 cm³/mol. The molecule has 0 saturated carbocycles. The highest BCUT2D eigenvalue weighted by Crippen LogP contribution is 2.23. The number of nitro benzene ring substituents is 1. The Kier molecular flexibility index (Phi) is 4.70. The first kappa shape index (κ1) is 15.9. The summed E-state index contributed by atoms with van der Waals surface area (Å²) in [5.74, 6) is 0. The van der Waals surface area contributed by atoms with Gasteiger partial charge in [0.15, 0.2) is 0 Å². The van der Waals surface area contributed by atoms with Crippen molar-refractivity contribution in [1.82, 2.24) is 5.32 Å². The highest BCUT2D eigenvalue weighted by atomic mass is 16.6. The fraction of sp³-hybridized carbons (Fsp3) is 0.500. The lowest BCUT2D eigenvalue weighted by molar-refractivity contribution is -0.385. The van der Waals surface area contributed by atoms with Crippen LogP contribution in [0, 0.1) is 17.0 Å². The lowest BCUT2D eigenvalue weighted by Gasteiger charge is -2.22. The number of nitrogens with one attached hydrogen (secondary N) is 1. The van der Waals surface area contributed by atoms with Crippen molar-refractivity contribution in [3.63, 3.8) is 0 Å². The summed E-state index contributed by atoms with van der Waals surface area (Å²) in [6, 6.07) is 4.52. The lowest BCUT2D eigenvalue weighted by atomic mass is 10.1. The molecule has 0 aliphatic carbocycles. The van der Waals surface area contributed by atoms with Gasteiger partial charge in [0.05, 0.1) is 11.0 Å². The van der Waals surface area contributed by atoms with Crippen LogP contribution in [0.1, 0.15) is 44.9 Å².